The molecule has 0 aromatic heterocycles. The van der Waals surface area contributed by atoms with Crippen LogP contribution in [-0.4, -0.2) is 35.7 Å². The van der Waals surface area contributed by atoms with E-state index in [-0.39, 0.29) is 37.9 Å². The van der Waals surface area contributed by atoms with E-state index in [4.69, 9.17) is 48.3 Å². The van der Waals surface area contributed by atoms with Crippen molar-refractivity contribution in [2.45, 2.75) is 37.6 Å². The number of aliphatic imine (C=N–C) groups is 1. The summed E-state index contributed by atoms with van der Waals surface area (Å²) in [7, 11) is 0. The van der Waals surface area contributed by atoms with Crippen LogP contribution in [0.2, 0.25) is 10.0 Å². The number of carbonyl (C=O) groups is 1. The van der Waals surface area contributed by atoms with Crippen molar-refractivity contribution < 1.29 is 19.4 Å². The van der Waals surface area contributed by atoms with Crippen LogP contribution in [0, 0.1) is 0 Å². The largest absolute Gasteiger partial charge is 0.494 e. The van der Waals surface area contributed by atoms with Crippen LogP contribution in [0.25, 0.3) is 10.4 Å². The highest BCUT2D eigenvalue weighted by molar-refractivity contribution is 9.10. The second kappa shape index (κ2) is 15.5. The lowest BCUT2D eigenvalue weighted by Crippen LogP contribution is -2.50. The molecule has 4 aromatic carbocycles. The Hall–Kier alpha value is -4.05. The number of hydrogen-bond donors (Lipinski definition) is 2. The summed E-state index contributed by atoms with van der Waals surface area (Å²) in [6.07, 6.45) is -0.190. The summed E-state index contributed by atoms with van der Waals surface area (Å²) in [5.74, 6) is 0.526. The average molecular weight is 723 g/mol. The highest BCUT2D eigenvalue weighted by Crippen LogP contribution is 2.44. The first kappa shape index (κ1) is 33.3. The number of aliphatic hydroxyl groups excluding tert-OH is 1. The van der Waals surface area contributed by atoms with E-state index in [1.54, 1.807) is 30.3 Å². The minimum atomic E-state index is -1.49. The molecule has 2 N–H and O–H groups in total. The van der Waals surface area contributed by atoms with Gasteiger partial charge in [-0.2, -0.15) is 0 Å². The molecule has 12 heteroatoms. The molecule has 236 valence electrons. The van der Waals surface area contributed by atoms with E-state index in [1.165, 1.54) is 0 Å². The number of hydrogen-bond acceptors (Lipinski definition) is 6. The molecule has 0 saturated heterocycles. The first-order valence-electron chi connectivity index (χ1n) is 14.5. The Kier molecular flexibility index (Phi) is 11.2. The minimum Gasteiger partial charge on any atom is -0.494 e. The smallest absolute Gasteiger partial charge is 0.252 e. The van der Waals surface area contributed by atoms with Gasteiger partial charge in [0.25, 0.3) is 5.91 Å². The third-order valence-electron chi connectivity index (χ3n) is 7.54. The Balaban J connectivity index is 1.61. The van der Waals surface area contributed by atoms with Crippen molar-refractivity contribution in [3.05, 3.63) is 144 Å². The molecule has 0 fully saturated rings. The molecule has 0 spiro atoms. The van der Waals surface area contributed by atoms with Gasteiger partial charge in [-0.1, -0.05) is 92.8 Å². The van der Waals surface area contributed by atoms with Gasteiger partial charge in [0.05, 0.1) is 13.2 Å². The van der Waals surface area contributed by atoms with E-state index in [1.807, 2.05) is 60.7 Å². The molecule has 1 aliphatic rings. The van der Waals surface area contributed by atoms with Gasteiger partial charge in [0.1, 0.15) is 5.75 Å². The van der Waals surface area contributed by atoms with Crippen LogP contribution in [0.1, 0.15) is 40.3 Å². The van der Waals surface area contributed by atoms with Crippen molar-refractivity contribution >= 4 is 50.9 Å². The Morgan fingerprint density at radius 2 is 1.78 bits per heavy atom. The average Bonchev–Trinajstić information content (AvgIpc) is 3.45. The molecule has 0 radical (unpaired) electrons. The van der Waals surface area contributed by atoms with Gasteiger partial charge >= 0.3 is 0 Å². The standard InChI is InChI=1S/C34H30BrCl2N5O4/c35-29-9-4-2-6-23(29)19-34(33(44)39-20-25-10-13-26(36)18-30(25)37)31(28-8-3-1-7-24(28)21-40-42-38)46-32(41-34)22-11-14-27(15-12-22)45-17-5-16-43/h1-4,6-15,18,31,43H,5,16-17,19-21H2,(H,39,44)/t31-,34-/m1/s1. The molecule has 2 atom stereocenters. The fourth-order valence-corrected chi connectivity index (χ4v) is 6.13. The maximum Gasteiger partial charge on any atom is 0.252 e. The van der Waals surface area contributed by atoms with Crippen molar-refractivity contribution in [3.63, 3.8) is 0 Å². The van der Waals surface area contributed by atoms with E-state index < -0.39 is 11.6 Å². The van der Waals surface area contributed by atoms with Crippen LogP contribution in [0.5, 0.6) is 5.75 Å². The Morgan fingerprint density at radius 3 is 2.50 bits per heavy atom. The second-order valence-electron chi connectivity index (χ2n) is 10.6. The first-order chi connectivity index (χ1) is 22.3. The van der Waals surface area contributed by atoms with Crippen LogP contribution >= 0.6 is 39.1 Å². The molecule has 9 nitrogen and oxygen atoms in total. The molecular weight excluding hydrogens is 693 g/mol. The second-order valence-corrected chi connectivity index (χ2v) is 12.3. The SMILES string of the molecule is [N-]=[N+]=NCc1ccccc1[C@H]1OC(c2ccc(OCCCO)cc2)=N[C@@]1(Cc1ccccc1Br)C(=O)NCc1ccc(Cl)cc1Cl. The summed E-state index contributed by atoms with van der Waals surface area (Å²) >= 11 is 16.2. The number of ether oxygens (including phenoxy) is 2. The molecule has 0 aliphatic carbocycles. The molecule has 1 amide bonds. The van der Waals surface area contributed by atoms with E-state index in [2.05, 4.69) is 31.3 Å². The van der Waals surface area contributed by atoms with Gasteiger partial charge in [-0.3, -0.25) is 4.79 Å². The molecule has 5 rings (SSSR count). The number of nitrogens with zero attached hydrogens (tertiary/aromatic N) is 4. The molecule has 0 unspecified atom stereocenters. The van der Waals surface area contributed by atoms with Crippen molar-refractivity contribution in [3.8, 4) is 5.75 Å². The number of rotatable bonds is 13. The van der Waals surface area contributed by atoms with Gasteiger partial charge in [-0.05, 0) is 70.2 Å². The predicted molar refractivity (Wildman–Crippen MR) is 182 cm³/mol. The zero-order valence-corrected chi connectivity index (χ0v) is 27.7. The molecule has 1 heterocycles. The highest BCUT2D eigenvalue weighted by Gasteiger charge is 2.54. The van der Waals surface area contributed by atoms with Gasteiger partial charge in [0.15, 0.2) is 11.6 Å². The maximum absolute atomic E-state index is 14.6. The van der Waals surface area contributed by atoms with Crippen LogP contribution in [-0.2, 0) is 29.0 Å². The number of benzene rings is 4. The third kappa shape index (κ3) is 7.66. The molecule has 0 saturated carbocycles. The molecular formula is C34H30BrCl2N5O4. The van der Waals surface area contributed by atoms with Crippen molar-refractivity contribution in [1.29, 1.82) is 0 Å². The van der Waals surface area contributed by atoms with Gasteiger partial charge in [-0.15, -0.1) is 0 Å². The zero-order chi connectivity index (χ0) is 32.5. The summed E-state index contributed by atoms with van der Waals surface area (Å²) in [5, 5.41) is 16.9. The zero-order valence-electron chi connectivity index (χ0n) is 24.6. The van der Waals surface area contributed by atoms with Gasteiger partial charge in [0, 0.05) is 51.0 Å². The fraction of sp³-hybridized carbons (Fsp3) is 0.235. The number of azide groups is 1. The minimum absolute atomic E-state index is 0.0389. The van der Waals surface area contributed by atoms with E-state index >= 15 is 0 Å². The van der Waals surface area contributed by atoms with Gasteiger partial charge in [0.2, 0.25) is 5.90 Å². The Morgan fingerprint density at radius 1 is 1.04 bits per heavy atom. The van der Waals surface area contributed by atoms with Crippen molar-refractivity contribution in [2.75, 3.05) is 13.2 Å². The Bertz CT molecular complexity index is 1780. The summed E-state index contributed by atoms with van der Waals surface area (Å²) in [6.45, 7) is 0.612. The highest BCUT2D eigenvalue weighted by atomic mass is 79.9. The van der Waals surface area contributed by atoms with Gasteiger partial charge in [-0.25, -0.2) is 4.99 Å². The predicted octanol–water partition coefficient (Wildman–Crippen LogP) is 8.14. The van der Waals surface area contributed by atoms with Gasteiger partial charge < -0.3 is 19.9 Å². The topological polar surface area (TPSA) is 129 Å². The van der Waals surface area contributed by atoms with Crippen LogP contribution in [0.4, 0.5) is 0 Å². The number of aliphatic hydroxyl groups is 1. The summed E-state index contributed by atoms with van der Waals surface area (Å²) in [5.41, 5.74) is 11.2. The Labute approximate surface area is 284 Å². The molecule has 1 aliphatic heterocycles. The van der Waals surface area contributed by atoms with Crippen LogP contribution in [0.15, 0.2) is 106 Å². The van der Waals surface area contributed by atoms with E-state index in [9.17, 15) is 4.79 Å². The van der Waals surface area contributed by atoms with Crippen molar-refractivity contribution in [2.24, 2.45) is 10.1 Å². The number of amides is 1. The lowest BCUT2D eigenvalue weighted by atomic mass is 9.80. The van der Waals surface area contributed by atoms with Crippen LogP contribution < -0.4 is 10.1 Å². The quantitative estimate of drug-likeness (QED) is 0.0625. The molecule has 4 aromatic rings. The molecule has 0 bridgehead atoms. The number of halogens is 3. The normalized spacial score (nSPS) is 17.0. The lowest BCUT2D eigenvalue weighted by Gasteiger charge is -2.32. The lowest BCUT2D eigenvalue weighted by molar-refractivity contribution is -0.129. The number of carbonyl (C=O) groups excluding carboxylic acids is 1. The summed E-state index contributed by atoms with van der Waals surface area (Å²) in [6, 6.07) is 27.4. The van der Waals surface area contributed by atoms with E-state index in [0.29, 0.717) is 51.1 Å². The van der Waals surface area contributed by atoms with Crippen molar-refractivity contribution in [1.82, 2.24) is 5.32 Å². The summed E-state index contributed by atoms with van der Waals surface area (Å²) in [4.78, 5) is 22.7. The fourth-order valence-electron chi connectivity index (χ4n) is 5.23. The first-order valence-corrected chi connectivity index (χ1v) is 16.0. The summed E-state index contributed by atoms with van der Waals surface area (Å²) < 4.78 is 13.2. The third-order valence-corrected chi connectivity index (χ3v) is 8.90. The monoisotopic (exact) mass is 721 g/mol. The number of nitrogens with one attached hydrogen (secondary N) is 1. The van der Waals surface area contributed by atoms with Crippen LogP contribution in [0.3, 0.4) is 0 Å². The molecule has 46 heavy (non-hydrogen) atoms. The maximum atomic E-state index is 14.6. The van der Waals surface area contributed by atoms with E-state index in [0.717, 1.165) is 10.0 Å².